The van der Waals surface area contributed by atoms with Gasteiger partial charge in [0.25, 0.3) is 0 Å². The Bertz CT molecular complexity index is 408. The van der Waals surface area contributed by atoms with Gasteiger partial charge in [0.05, 0.1) is 14.2 Å². The van der Waals surface area contributed by atoms with Crippen LogP contribution in [0.15, 0.2) is 12.1 Å². The van der Waals surface area contributed by atoms with Gasteiger partial charge in [0.2, 0.25) is 11.8 Å². The zero-order chi connectivity index (χ0) is 13.0. The first kappa shape index (κ1) is 13.2. The fraction of sp³-hybridized carbons (Fsp3) is 0.400. The molecule has 7 nitrogen and oxygen atoms in total. The molecule has 0 aromatic carbocycles. The summed E-state index contributed by atoms with van der Waals surface area (Å²) in [6.07, 6.45) is -3.57. The second-order valence-corrected chi connectivity index (χ2v) is 3.18. The van der Waals surface area contributed by atoms with Crippen molar-refractivity contribution in [2.75, 3.05) is 14.2 Å². The van der Waals surface area contributed by atoms with Crippen molar-refractivity contribution in [1.82, 2.24) is 4.98 Å². The number of methoxy groups -OCH3 is 2. The van der Waals surface area contributed by atoms with E-state index in [-0.39, 0.29) is 17.3 Å². The van der Waals surface area contributed by atoms with E-state index in [1.165, 1.54) is 26.4 Å². The molecule has 94 valence electrons. The fourth-order valence-corrected chi connectivity index (χ4v) is 1.24. The molecule has 0 spiro atoms. The summed E-state index contributed by atoms with van der Waals surface area (Å²) in [7, 11) is 2.72. The molecule has 0 amide bonds. The molecule has 17 heavy (non-hydrogen) atoms. The minimum Gasteiger partial charge on any atom is -0.481 e. The van der Waals surface area contributed by atoms with E-state index >= 15 is 0 Å². The van der Waals surface area contributed by atoms with E-state index in [1.807, 2.05) is 0 Å². The van der Waals surface area contributed by atoms with Crippen molar-refractivity contribution in [3.05, 3.63) is 17.7 Å². The first-order chi connectivity index (χ1) is 8.01. The lowest BCUT2D eigenvalue weighted by atomic mass is 10.1. The normalized spacial score (nSPS) is 13.9. The molecule has 0 saturated heterocycles. The van der Waals surface area contributed by atoms with Crippen molar-refractivity contribution in [3.8, 4) is 11.8 Å². The van der Waals surface area contributed by atoms with Crippen LogP contribution in [0.2, 0.25) is 0 Å². The topological polar surface area (TPSA) is 109 Å². The highest BCUT2D eigenvalue weighted by atomic mass is 16.5. The number of carbonyl (C=O) groups is 1. The lowest BCUT2D eigenvalue weighted by Crippen LogP contribution is -2.27. The van der Waals surface area contributed by atoms with Gasteiger partial charge < -0.3 is 24.8 Å². The van der Waals surface area contributed by atoms with Crippen molar-refractivity contribution in [1.29, 1.82) is 0 Å². The fourth-order valence-electron chi connectivity index (χ4n) is 1.24. The van der Waals surface area contributed by atoms with Crippen molar-refractivity contribution in [3.63, 3.8) is 0 Å². The largest absolute Gasteiger partial charge is 0.481 e. The Kier molecular flexibility index (Phi) is 4.24. The first-order valence-electron chi connectivity index (χ1n) is 4.69. The number of carboxylic acids is 1. The number of aromatic nitrogens is 1. The number of carboxylic acid groups (broad SMARTS) is 1. The van der Waals surface area contributed by atoms with Gasteiger partial charge in [-0.25, -0.2) is 4.79 Å². The highest BCUT2D eigenvalue weighted by Crippen LogP contribution is 2.27. The summed E-state index contributed by atoms with van der Waals surface area (Å²) < 4.78 is 9.73. The number of aliphatic hydroxyl groups is 2. The van der Waals surface area contributed by atoms with E-state index in [4.69, 9.17) is 14.6 Å². The van der Waals surface area contributed by atoms with E-state index in [9.17, 15) is 15.0 Å². The third kappa shape index (κ3) is 2.83. The second-order valence-electron chi connectivity index (χ2n) is 3.18. The van der Waals surface area contributed by atoms with E-state index in [2.05, 4.69) is 4.98 Å². The Hall–Kier alpha value is -1.86. The van der Waals surface area contributed by atoms with Gasteiger partial charge in [-0.2, -0.15) is 4.98 Å². The number of aliphatic hydroxyl groups excluding tert-OH is 2. The SMILES string of the molecule is COc1ccc(C(O)C(O)C(=O)O)c(OC)n1. The van der Waals surface area contributed by atoms with Gasteiger partial charge in [-0.3, -0.25) is 0 Å². The molecular formula is C10H13NO6. The highest BCUT2D eigenvalue weighted by molar-refractivity contribution is 5.73. The van der Waals surface area contributed by atoms with Gasteiger partial charge in [-0.15, -0.1) is 0 Å². The maximum atomic E-state index is 10.5. The van der Waals surface area contributed by atoms with Crippen molar-refractivity contribution >= 4 is 5.97 Å². The molecule has 0 fully saturated rings. The molecule has 0 aliphatic rings. The van der Waals surface area contributed by atoms with Gasteiger partial charge in [0.15, 0.2) is 6.10 Å². The molecule has 1 aromatic heterocycles. The molecule has 1 rings (SSSR count). The quantitative estimate of drug-likeness (QED) is 0.644. The van der Waals surface area contributed by atoms with Gasteiger partial charge in [-0.1, -0.05) is 0 Å². The number of pyridine rings is 1. The highest BCUT2D eigenvalue weighted by Gasteiger charge is 2.28. The summed E-state index contributed by atoms with van der Waals surface area (Å²) in [5, 5.41) is 27.5. The summed E-state index contributed by atoms with van der Waals surface area (Å²) in [6, 6.07) is 2.80. The summed E-state index contributed by atoms with van der Waals surface area (Å²) >= 11 is 0. The van der Waals surface area contributed by atoms with Crippen LogP contribution in [0.25, 0.3) is 0 Å². The van der Waals surface area contributed by atoms with E-state index < -0.39 is 18.2 Å². The summed E-state index contributed by atoms with van der Waals surface area (Å²) in [6.45, 7) is 0. The average Bonchev–Trinajstić information content (AvgIpc) is 2.35. The second kappa shape index (κ2) is 5.46. The lowest BCUT2D eigenvalue weighted by Gasteiger charge is -2.16. The average molecular weight is 243 g/mol. The standard InChI is InChI=1S/C10H13NO6/c1-16-6-4-3-5(9(11-6)17-2)7(12)8(13)10(14)15/h3-4,7-8,12-13H,1-2H3,(H,14,15). The Labute approximate surface area is 97.2 Å². The number of hydrogen-bond acceptors (Lipinski definition) is 6. The molecule has 1 aromatic rings. The summed E-state index contributed by atoms with van der Waals surface area (Å²) in [5.74, 6) is -1.28. The number of aliphatic carboxylic acids is 1. The predicted octanol–water partition coefficient (Wildman–Crippen LogP) is -0.422. The molecule has 0 aliphatic heterocycles. The smallest absolute Gasteiger partial charge is 0.335 e. The van der Waals surface area contributed by atoms with Crippen LogP contribution in [0, 0.1) is 0 Å². The third-order valence-electron chi connectivity index (χ3n) is 2.14. The van der Waals surface area contributed by atoms with Crippen LogP contribution in [-0.2, 0) is 4.79 Å². The third-order valence-corrected chi connectivity index (χ3v) is 2.14. The molecule has 2 unspecified atom stereocenters. The molecule has 2 atom stereocenters. The van der Waals surface area contributed by atoms with Gasteiger partial charge in [0, 0.05) is 11.6 Å². The Morgan fingerprint density at radius 1 is 1.29 bits per heavy atom. The van der Waals surface area contributed by atoms with E-state index in [0.29, 0.717) is 0 Å². The minimum atomic E-state index is -1.95. The Balaban J connectivity index is 3.08. The monoisotopic (exact) mass is 243 g/mol. The van der Waals surface area contributed by atoms with Crippen LogP contribution in [0.5, 0.6) is 11.8 Å². The predicted molar refractivity (Wildman–Crippen MR) is 55.9 cm³/mol. The van der Waals surface area contributed by atoms with Crippen molar-refractivity contribution in [2.45, 2.75) is 12.2 Å². The number of hydrogen-bond donors (Lipinski definition) is 3. The van der Waals surface area contributed by atoms with Crippen molar-refractivity contribution in [2.24, 2.45) is 0 Å². The zero-order valence-electron chi connectivity index (χ0n) is 9.32. The molecule has 1 heterocycles. The van der Waals surface area contributed by atoms with Crippen LogP contribution in [0.4, 0.5) is 0 Å². The molecule has 7 heteroatoms. The van der Waals surface area contributed by atoms with Gasteiger partial charge in [-0.05, 0) is 6.07 Å². The van der Waals surface area contributed by atoms with Crippen LogP contribution >= 0.6 is 0 Å². The lowest BCUT2D eigenvalue weighted by molar-refractivity contribution is -0.153. The number of rotatable bonds is 5. The van der Waals surface area contributed by atoms with Crippen LogP contribution < -0.4 is 9.47 Å². The maximum Gasteiger partial charge on any atom is 0.335 e. The zero-order valence-corrected chi connectivity index (χ0v) is 9.32. The Morgan fingerprint density at radius 3 is 2.41 bits per heavy atom. The van der Waals surface area contributed by atoms with Crippen LogP contribution in [0.1, 0.15) is 11.7 Å². The minimum absolute atomic E-state index is 0.00264. The van der Waals surface area contributed by atoms with Crippen molar-refractivity contribution < 1.29 is 29.6 Å². The van der Waals surface area contributed by atoms with Gasteiger partial charge in [0.1, 0.15) is 6.10 Å². The molecule has 0 radical (unpaired) electrons. The van der Waals surface area contributed by atoms with Crippen LogP contribution in [0.3, 0.4) is 0 Å². The number of ether oxygens (including phenoxy) is 2. The molecule has 0 saturated carbocycles. The van der Waals surface area contributed by atoms with Crippen LogP contribution in [-0.4, -0.2) is 46.6 Å². The first-order valence-corrected chi connectivity index (χ1v) is 4.69. The molecule has 0 bridgehead atoms. The summed E-state index contributed by atoms with van der Waals surface area (Å²) in [4.78, 5) is 14.4. The molecule has 3 N–H and O–H groups in total. The van der Waals surface area contributed by atoms with E-state index in [0.717, 1.165) is 0 Å². The maximum absolute atomic E-state index is 10.5. The van der Waals surface area contributed by atoms with Gasteiger partial charge >= 0.3 is 5.97 Å². The van der Waals surface area contributed by atoms with E-state index in [1.54, 1.807) is 0 Å². The Morgan fingerprint density at radius 2 is 1.94 bits per heavy atom. The summed E-state index contributed by atoms with van der Waals surface area (Å²) in [5.41, 5.74) is 0.0724. The number of nitrogens with zero attached hydrogens (tertiary/aromatic N) is 1. The molecular weight excluding hydrogens is 230 g/mol. The molecule has 0 aliphatic carbocycles.